The van der Waals surface area contributed by atoms with Crippen molar-refractivity contribution in [3.8, 4) is 0 Å². The second-order valence-electron chi connectivity index (χ2n) is 13.7. The number of benzene rings is 2. The van der Waals surface area contributed by atoms with Gasteiger partial charge in [0.1, 0.15) is 29.3 Å². The smallest absolute Gasteiger partial charge is 0.408 e. The number of amides is 4. The Labute approximate surface area is 278 Å². The number of ether oxygens (including phenoxy) is 2. The Kier molecular flexibility index (Phi) is 14.4. The average molecular weight is 653 g/mol. The minimum atomic E-state index is -1.22. The van der Waals surface area contributed by atoms with E-state index in [0.29, 0.717) is 18.4 Å². The molecule has 4 N–H and O–H groups in total. The van der Waals surface area contributed by atoms with E-state index in [9.17, 15) is 24.0 Å². The molecule has 3 unspecified atom stereocenters. The Morgan fingerprint density at radius 1 is 0.830 bits per heavy atom. The number of nitrogens with zero attached hydrogens (tertiary/aromatic N) is 1. The lowest BCUT2D eigenvalue weighted by atomic mass is 9.99. The molecule has 0 aliphatic heterocycles. The zero-order valence-corrected chi connectivity index (χ0v) is 29.1. The second-order valence-corrected chi connectivity index (χ2v) is 13.7. The summed E-state index contributed by atoms with van der Waals surface area (Å²) in [5.74, 6) is -2.46. The molecule has 0 aliphatic carbocycles. The maximum atomic E-state index is 14.4. The summed E-state index contributed by atoms with van der Waals surface area (Å²) in [6.07, 6.45) is 0.258. The molecule has 0 saturated carbocycles. The summed E-state index contributed by atoms with van der Waals surface area (Å²) in [5, 5.41) is 5.47. The van der Waals surface area contributed by atoms with Crippen LogP contribution in [0.25, 0.3) is 0 Å². The fraction of sp³-hybridized carbons (Fsp3) is 0.528. The summed E-state index contributed by atoms with van der Waals surface area (Å²) < 4.78 is 11.1. The molecule has 0 fully saturated rings. The van der Waals surface area contributed by atoms with Crippen LogP contribution >= 0.6 is 0 Å². The summed E-state index contributed by atoms with van der Waals surface area (Å²) >= 11 is 0. The Morgan fingerprint density at radius 2 is 1.43 bits per heavy atom. The fourth-order valence-electron chi connectivity index (χ4n) is 4.78. The van der Waals surface area contributed by atoms with E-state index in [1.807, 2.05) is 56.3 Å². The molecule has 0 aromatic heterocycles. The molecule has 2 aromatic carbocycles. The highest BCUT2D eigenvalue weighted by molar-refractivity contribution is 5.94. The molecule has 258 valence electrons. The van der Waals surface area contributed by atoms with E-state index >= 15 is 0 Å². The second kappa shape index (κ2) is 17.5. The number of carbonyl (C=O) groups excluding carboxylic acids is 5. The average Bonchev–Trinajstić information content (AvgIpc) is 2.96. The largest absolute Gasteiger partial charge is 0.458 e. The molecule has 0 bridgehead atoms. The molecule has 0 heterocycles. The minimum absolute atomic E-state index is 0.104. The van der Waals surface area contributed by atoms with Crippen molar-refractivity contribution < 1.29 is 33.4 Å². The van der Waals surface area contributed by atoms with Crippen molar-refractivity contribution in [2.45, 2.75) is 117 Å². The van der Waals surface area contributed by atoms with Gasteiger partial charge in [-0.05, 0) is 72.4 Å². The quantitative estimate of drug-likeness (QED) is 0.231. The molecule has 0 saturated heterocycles. The van der Waals surface area contributed by atoms with E-state index in [1.54, 1.807) is 53.7 Å². The SMILES string of the molecule is CCCCN(C(=O)C(CCC(N)=O)NC(=O)OC(C)(C)C)C(C(=O)NC(Cc1ccccc1)C(=O)OC(C)(C)C)c1ccc(C)cc1. The van der Waals surface area contributed by atoms with E-state index in [4.69, 9.17) is 15.2 Å². The first-order valence-corrected chi connectivity index (χ1v) is 16.1. The lowest BCUT2D eigenvalue weighted by molar-refractivity contribution is -0.159. The zero-order chi connectivity index (χ0) is 35.4. The van der Waals surface area contributed by atoms with Gasteiger partial charge in [-0.3, -0.25) is 14.4 Å². The summed E-state index contributed by atoms with van der Waals surface area (Å²) in [5.41, 5.74) is 6.02. The predicted octanol–water partition coefficient (Wildman–Crippen LogP) is 4.89. The van der Waals surface area contributed by atoms with Crippen LogP contribution in [0, 0.1) is 6.92 Å². The van der Waals surface area contributed by atoms with Gasteiger partial charge < -0.3 is 30.7 Å². The van der Waals surface area contributed by atoms with Gasteiger partial charge in [-0.15, -0.1) is 0 Å². The Bertz CT molecular complexity index is 1350. The van der Waals surface area contributed by atoms with Gasteiger partial charge in [0, 0.05) is 19.4 Å². The first kappa shape index (κ1) is 38.8. The number of primary amides is 1. The third-order valence-corrected chi connectivity index (χ3v) is 6.95. The Balaban J connectivity index is 2.60. The molecule has 11 heteroatoms. The number of hydrogen-bond acceptors (Lipinski definition) is 7. The first-order valence-electron chi connectivity index (χ1n) is 16.1. The number of esters is 1. The predicted molar refractivity (Wildman–Crippen MR) is 180 cm³/mol. The highest BCUT2D eigenvalue weighted by Gasteiger charge is 2.38. The monoisotopic (exact) mass is 652 g/mol. The Morgan fingerprint density at radius 3 is 1.96 bits per heavy atom. The number of unbranched alkanes of at least 4 members (excludes halogenated alkanes) is 1. The molecule has 47 heavy (non-hydrogen) atoms. The molecule has 2 aromatic rings. The third-order valence-electron chi connectivity index (χ3n) is 6.95. The van der Waals surface area contributed by atoms with Crippen LogP contribution in [0.2, 0.25) is 0 Å². The normalized spacial score (nSPS) is 13.4. The van der Waals surface area contributed by atoms with Crippen molar-refractivity contribution in [2.75, 3.05) is 6.54 Å². The number of nitrogens with one attached hydrogen (secondary N) is 2. The number of rotatable bonds is 15. The number of aryl methyl sites for hydroxylation is 1. The van der Waals surface area contributed by atoms with E-state index in [0.717, 1.165) is 11.1 Å². The van der Waals surface area contributed by atoms with Gasteiger partial charge in [0.25, 0.3) is 0 Å². The molecule has 0 aliphatic rings. The topological polar surface area (TPSA) is 157 Å². The first-order chi connectivity index (χ1) is 21.9. The maximum absolute atomic E-state index is 14.4. The lowest BCUT2D eigenvalue weighted by Crippen LogP contribution is -2.55. The summed E-state index contributed by atoms with van der Waals surface area (Å²) in [6.45, 7) is 14.3. The highest BCUT2D eigenvalue weighted by atomic mass is 16.6. The van der Waals surface area contributed by atoms with Crippen LogP contribution in [0.3, 0.4) is 0 Å². The van der Waals surface area contributed by atoms with Gasteiger partial charge in [0.2, 0.25) is 17.7 Å². The molecule has 3 atom stereocenters. The summed E-state index contributed by atoms with van der Waals surface area (Å²) in [4.78, 5) is 68.2. The van der Waals surface area contributed by atoms with Gasteiger partial charge in [-0.2, -0.15) is 0 Å². The zero-order valence-electron chi connectivity index (χ0n) is 29.1. The number of alkyl carbamates (subject to hydrolysis) is 1. The third kappa shape index (κ3) is 13.9. The van der Waals surface area contributed by atoms with Crippen molar-refractivity contribution in [1.82, 2.24) is 15.5 Å². The van der Waals surface area contributed by atoms with E-state index in [1.165, 1.54) is 4.90 Å². The van der Waals surface area contributed by atoms with Gasteiger partial charge in [0.05, 0.1) is 0 Å². The Hall–Kier alpha value is -4.41. The maximum Gasteiger partial charge on any atom is 0.408 e. The van der Waals surface area contributed by atoms with Gasteiger partial charge in [-0.1, -0.05) is 73.5 Å². The van der Waals surface area contributed by atoms with Gasteiger partial charge >= 0.3 is 12.1 Å². The molecular formula is C36H52N4O7. The van der Waals surface area contributed by atoms with Crippen molar-refractivity contribution in [3.05, 3.63) is 71.3 Å². The summed E-state index contributed by atoms with van der Waals surface area (Å²) in [6, 6.07) is 12.9. The molecule has 4 amide bonds. The van der Waals surface area contributed by atoms with Crippen LogP contribution in [0.5, 0.6) is 0 Å². The van der Waals surface area contributed by atoms with E-state index in [-0.39, 0.29) is 25.8 Å². The van der Waals surface area contributed by atoms with Crippen molar-refractivity contribution in [3.63, 3.8) is 0 Å². The van der Waals surface area contributed by atoms with Crippen LogP contribution < -0.4 is 16.4 Å². The number of carbonyl (C=O) groups is 5. The van der Waals surface area contributed by atoms with E-state index < -0.39 is 59.1 Å². The molecular weight excluding hydrogens is 600 g/mol. The lowest BCUT2D eigenvalue weighted by Gasteiger charge is -2.35. The molecule has 2 rings (SSSR count). The molecule has 11 nitrogen and oxygen atoms in total. The van der Waals surface area contributed by atoms with Crippen LogP contribution in [0.1, 0.15) is 96.9 Å². The van der Waals surface area contributed by atoms with Crippen LogP contribution in [-0.2, 0) is 35.1 Å². The van der Waals surface area contributed by atoms with Crippen molar-refractivity contribution >= 4 is 29.8 Å². The molecule has 0 radical (unpaired) electrons. The molecule has 0 spiro atoms. The number of hydrogen-bond donors (Lipinski definition) is 3. The summed E-state index contributed by atoms with van der Waals surface area (Å²) in [7, 11) is 0. The van der Waals surface area contributed by atoms with Crippen LogP contribution in [-0.4, -0.2) is 64.5 Å². The van der Waals surface area contributed by atoms with Crippen molar-refractivity contribution in [2.24, 2.45) is 5.73 Å². The fourth-order valence-corrected chi connectivity index (χ4v) is 4.78. The number of nitrogens with two attached hydrogens (primary N) is 1. The van der Waals surface area contributed by atoms with Crippen LogP contribution in [0.4, 0.5) is 4.79 Å². The van der Waals surface area contributed by atoms with E-state index in [2.05, 4.69) is 10.6 Å². The standard InChI is InChI=1S/C36H52N4O7/c1-9-10-22-40(32(43)27(20-21-29(37)41)39-34(45)47-36(6,7)8)30(26-18-16-24(2)17-19-26)31(42)38-28(33(44)46-35(3,4)5)23-25-14-12-11-13-15-25/h11-19,27-28,30H,9-10,20-23H2,1-8H3,(H2,37,41)(H,38,42)(H,39,45). The van der Waals surface area contributed by atoms with Gasteiger partial charge in [0.15, 0.2) is 0 Å². The van der Waals surface area contributed by atoms with Crippen molar-refractivity contribution in [1.29, 1.82) is 0 Å². The van der Waals surface area contributed by atoms with Crippen LogP contribution in [0.15, 0.2) is 54.6 Å². The van der Waals surface area contributed by atoms with Gasteiger partial charge in [-0.25, -0.2) is 9.59 Å². The highest BCUT2D eigenvalue weighted by Crippen LogP contribution is 2.25. The minimum Gasteiger partial charge on any atom is -0.458 e.